The van der Waals surface area contributed by atoms with E-state index in [1.54, 1.807) is 12.1 Å². The van der Waals surface area contributed by atoms with Gasteiger partial charge in [-0.15, -0.1) is 0 Å². The van der Waals surface area contributed by atoms with Crippen LogP contribution in [0.1, 0.15) is 23.0 Å². The van der Waals surface area contributed by atoms with Crippen molar-refractivity contribution in [2.75, 3.05) is 0 Å². The summed E-state index contributed by atoms with van der Waals surface area (Å²) >= 11 is 0. The summed E-state index contributed by atoms with van der Waals surface area (Å²) in [5.41, 5.74) is -1.29. The van der Waals surface area contributed by atoms with Crippen molar-refractivity contribution in [3.8, 4) is 0 Å². The first-order chi connectivity index (χ1) is 8.08. The molecule has 0 unspecified atom stereocenters. The molecule has 88 valence electrons. The van der Waals surface area contributed by atoms with Crippen molar-refractivity contribution >= 4 is 5.78 Å². The Hall–Kier alpha value is -2.37. The van der Waals surface area contributed by atoms with E-state index in [0.717, 1.165) is 0 Å². The van der Waals surface area contributed by atoms with Gasteiger partial charge in [-0.3, -0.25) is 19.1 Å². The number of carbonyl (C=O) groups is 1. The number of nitrogens with one attached hydrogen (secondary N) is 1. The Morgan fingerprint density at radius 3 is 2.82 bits per heavy atom. The van der Waals surface area contributed by atoms with Gasteiger partial charge in [0.1, 0.15) is 5.76 Å². The first-order valence-electron chi connectivity index (χ1n) is 4.95. The average molecular weight is 234 g/mol. The Kier molecular flexibility index (Phi) is 2.78. The summed E-state index contributed by atoms with van der Waals surface area (Å²) in [7, 11) is 0. The van der Waals surface area contributed by atoms with E-state index in [-0.39, 0.29) is 17.9 Å². The number of ketones is 1. The van der Waals surface area contributed by atoms with Crippen molar-refractivity contribution in [3.63, 3.8) is 0 Å². The van der Waals surface area contributed by atoms with Crippen LogP contribution in [0.4, 0.5) is 0 Å². The first kappa shape index (κ1) is 11.1. The number of nitrogens with zero attached hydrogens (tertiary/aromatic N) is 1. The largest absolute Gasteiger partial charge is 0.467 e. The molecule has 2 aromatic heterocycles. The van der Waals surface area contributed by atoms with Gasteiger partial charge in [0.25, 0.3) is 5.56 Å². The van der Waals surface area contributed by atoms with Crippen LogP contribution in [0.3, 0.4) is 0 Å². The number of aromatic nitrogens is 2. The summed E-state index contributed by atoms with van der Waals surface area (Å²) in [5.74, 6) is 0.174. The minimum absolute atomic E-state index is 0.0452. The van der Waals surface area contributed by atoms with Crippen molar-refractivity contribution < 1.29 is 9.21 Å². The van der Waals surface area contributed by atoms with Crippen LogP contribution in [-0.4, -0.2) is 15.3 Å². The van der Waals surface area contributed by atoms with Gasteiger partial charge < -0.3 is 4.42 Å². The van der Waals surface area contributed by atoms with Gasteiger partial charge in [-0.25, -0.2) is 4.79 Å². The quantitative estimate of drug-likeness (QED) is 0.778. The van der Waals surface area contributed by atoms with Gasteiger partial charge in [0, 0.05) is 6.20 Å². The summed E-state index contributed by atoms with van der Waals surface area (Å²) in [4.78, 5) is 36.1. The summed E-state index contributed by atoms with van der Waals surface area (Å²) < 4.78 is 6.31. The van der Waals surface area contributed by atoms with Gasteiger partial charge in [-0.05, 0) is 19.1 Å². The molecule has 6 heteroatoms. The van der Waals surface area contributed by atoms with Crippen LogP contribution in [0.25, 0.3) is 0 Å². The molecule has 6 nitrogen and oxygen atoms in total. The van der Waals surface area contributed by atoms with Crippen LogP contribution >= 0.6 is 0 Å². The van der Waals surface area contributed by atoms with Gasteiger partial charge >= 0.3 is 5.69 Å². The zero-order valence-corrected chi connectivity index (χ0v) is 9.10. The molecule has 0 aliphatic carbocycles. The minimum atomic E-state index is -0.668. The van der Waals surface area contributed by atoms with Crippen LogP contribution in [0.2, 0.25) is 0 Å². The van der Waals surface area contributed by atoms with Gasteiger partial charge in [-0.1, -0.05) is 0 Å². The second-order valence-electron chi connectivity index (χ2n) is 3.57. The number of hydrogen-bond donors (Lipinski definition) is 1. The lowest BCUT2D eigenvalue weighted by Gasteiger charge is -2.03. The molecule has 0 aliphatic heterocycles. The van der Waals surface area contributed by atoms with Crippen LogP contribution in [0.5, 0.6) is 0 Å². The summed E-state index contributed by atoms with van der Waals surface area (Å²) in [6, 6.07) is 3.39. The highest BCUT2D eigenvalue weighted by Crippen LogP contribution is 2.01. The second kappa shape index (κ2) is 4.25. The molecule has 0 radical (unpaired) electrons. The normalized spacial score (nSPS) is 10.4. The third kappa shape index (κ3) is 2.25. The predicted octanol–water partition coefficient (Wildman–Crippen LogP) is 0.381. The van der Waals surface area contributed by atoms with E-state index in [2.05, 4.69) is 4.98 Å². The highest BCUT2D eigenvalue weighted by Gasteiger charge is 2.09. The van der Waals surface area contributed by atoms with Gasteiger partial charge in [0.05, 0.1) is 18.4 Å². The molecule has 0 fully saturated rings. The van der Waals surface area contributed by atoms with Gasteiger partial charge in [0.15, 0.2) is 5.78 Å². The Morgan fingerprint density at radius 1 is 1.47 bits per heavy atom. The Morgan fingerprint density at radius 2 is 2.24 bits per heavy atom. The molecule has 1 N–H and O–H groups in total. The number of Topliss-reactive ketones (excluding diaryl/α,β-unsaturated/α-hetero) is 1. The first-order valence-corrected chi connectivity index (χ1v) is 4.95. The fourth-order valence-electron chi connectivity index (χ4n) is 1.45. The van der Waals surface area contributed by atoms with Crippen LogP contribution in [0, 0.1) is 0 Å². The van der Waals surface area contributed by atoms with Gasteiger partial charge in [-0.2, -0.15) is 0 Å². The maximum Gasteiger partial charge on any atom is 0.328 e. The standard InChI is InChI=1S/C11H10N2O4/c1-7(14)9-6-13(11(16)12-10(9)15)5-8-3-2-4-17-8/h2-4,6H,5H2,1H3,(H,12,15,16). The van der Waals surface area contributed by atoms with Crippen LogP contribution < -0.4 is 11.2 Å². The highest BCUT2D eigenvalue weighted by atomic mass is 16.3. The number of aromatic amines is 1. The molecule has 2 aromatic rings. The third-order valence-corrected chi connectivity index (χ3v) is 2.30. The molecule has 0 spiro atoms. The predicted molar refractivity (Wildman–Crippen MR) is 59.1 cm³/mol. The maximum atomic E-state index is 11.5. The Balaban J connectivity index is 2.47. The fourth-order valence-corrected chi connectivity index (χ4v) is 1.45. The van der Waals surface area contributed by atoms with Crippen LogP contribution in [0.15, 0.2) is 38.6 Å². The van der Waals surface area contributed by atoms with Crippen molar-refractivity contribution in [1.29, 1.82) is 0 Å². The molecule has 0 saturated carbocycles. The SMILES string of the molecule is CC(=O)c1cn(Cc2ccco2)c(=O)[nH]c1=O. The minimum Gasteiger partial charge on any atom is -0.467 e. The lowest BCUT2D eigenvalue weighted by molar-refractivity contribution is 0.101. The Bertz CT molecular complexity index is 649. The van der Waals surface area contributed by atoms with Crippen molar-refractivity contribution in [2.45, 2.75) is 13.5 Å². The lowest BCUT2D eigenvalue weighted by Crippen LogP contribution is -2.33. The van der Waals surface area contributed by atoms with Crippen molar-refractivity contribution in [2.24, 2.45) is 0 Å². The van der Waals surface area contributed by atoms with E-state index < -0.39 is 11.2 Å². The zero-order valence-electron chi connectivity index (χ0n) is 9.10. The van der Waals surface area contributed by atoms with Crippen LogP contribution in [-0.2, 0) is 6.54 Å². The average Bonchev–Trinajstić information content (AvgIpc) is 2.74. The molecule has 0 aliphatic rings. The van der Waals surface area contributed by atoms with E-state index in [1.165, 1.54) is 24.0 Å². The Labute approximate surface area is 95.5 Å². The zero-order chi connectivity index (χ0) is 12.4. The topological polar surface area (TPSA) is 85.1 Å². The molecule has 0 bridgehead atoms. The highest BCUT2D eigenvalue weighted by molar-refractivity contribution is 5.93. The second-order valence-corrected chi connectivity index (χ2v) is 3.57. The van der Waals surface area contributed by atoms with E-state index in [9.17, 15) is 14.4 Å². The molecule has 0 saturated heterocycles. The van der Waals surface area contributed by atoms with Gasteiger partial charge in [0.2, 0.25) is 0 Å². The van der Waals surface area contributed by atoms with E-state index in [0.29, 0.717) is 5.76 Å². The molecular formula is C11H10N2O4. The summed E-state index contributed by atoms with van der Waals surface area (Å²) in [5, 5.41) is 0. The number of carbonyl (C=O) groups excluding carboxylic acids is 1. The number of hydrogen-bond acceptors (Lipinski definition) is 4. The fraction of sp³-hybridized carbons (Fsp3) is 0.182. The molecule has 2 heterocycles. The molecule has 0 atom stereocenters. The number of H-pyrrole nitrogens is 1. The number of rotatable bonds is 3. The lowest BCUT2D eigenvalue weighted by atomic mass is 10.2. The molecule has 2 rings (SSSR count). The van der Waals surface area contributed by atoms with Crippen molar-refractivity contribution in [3.05, 3.63) is 56.8 Å². The third-order valence-electron chi connectivity index (χ3n) is 2.30. The van der Waals surface area contributed by atoms with E-state index in [4.69, 9.17) is 4.42 Å². The molecule has 0 amide bonds. The van der Waals surface area contributed by atoms with E-state index >= 15 is 0 Å². The molecular weight excluding hydrogens is 224 g/mol. The van der Waals surface area contributed by atoms with Crippen molar-refractivity contribution in [1.82, 2.24) is 9.55 Å². The smallest absolute Gasteiger partial charge is 0.328 e. The molecule has 0 aromatic carbocycles. The monoisotopic (exact) mass is 234 g/mol. The van der Waals surface area contributed by atoms with E-state index in [1.807, 2.05) is 0 Å². The maximum absolute atomic E-state index is 11.5. The summed E-state index contributed by atoms with van der Waals surface area (Å²) in [6.45, 7) is 1.44. The molecule has 17 heavy (non-hydrogen) atoms. The number of furan rings is 1. The summed E-state index contributed by atoms with van der Waals surface area (Å²) in [6.07, 6.45) is 2.73.